The zero-order chi connectivity index (χ0) is 19.2. The molecule has 2 N–H and O–H groups in total. The molecular formula is C20H32BrIN4O. The molecule has 1 fully saturated rings. The molecule has 0 unspecified atom stereocenters. The van der Waals surface area contributed by atoms with E-state index in [1.165, 1.54) is 5.56 Å². The summed E-state index contributed by atoms with van der Waals surface area (Å²) < 4.78 is 1.10. The van der Waals surface area contributed by atoms with Crippen molar-refractivity contribution in [1.29, 1.82) is 0 Å². The number of rotatable bonds is 5. The molecule has 0 saturated carbocycles. The van der Waals surface area contributed by atoms with Crippen molar-refractivity contribution in [1.82, 2.24) is 15.5 Å². The maximum absolute atomic E-state index is 11.6. The molecule has 0 bridgehead atoms. The fourth-order valence-electron chi connectivity index (χ4n) is 3.35. The number of halogens is 2. The van der Waals surface area contributed by atoms with E-state index >= 15 is 0 Å². The third kappa shape index (κ3) is 7.25. The Balaban J connectivity index is 0.00000364. The van der Waals surface area contributed by atoms with Gasteiger partial charge in [0.25, 0.3) is 0 Å². The number of amides is 1. The highest BCUT2D eigenvalue weighted by Gasteiger charge is 2.25. The first kappa shape index (κ1) is 24.2. The Morgan fingerprint density at radius 3 is 2.37 bits per heavy atom. The van der Waals surface area contributed by atoms with Gasteiger partial charge < -0.3 is 15.5 Å². The summed E-state index contributed by atoms with van der Waals surface area (Å²) in [6.07, 6.45) is 2.70. The number of nitrogens with one attached hydrogen (secondary N) is 2. The van der Waals surface area contributed by atoms with Gasteiger partial charge in [0.15, 0.2) is 5.96 Å². The van der Waals surface area contributed by atoms with Crippen LogP contribution in [0.15, 0.2) is 33.7 Å². The normalized spacial score (nSPS) is 15.9. The van der Waals surface area contributed by atoms with E-state index in [1.807, 2.05) is 7.05 Å². The Labute approximate surface area is 188 Å². The van der Waals surface area contributed by atoms with E-state index in [4.69, 9.17) is 0 Å². The van der Waals surface area contributed by atoms with Gasteiger partial charge in [-0.25, -0.2) is 0 Å². The highest BCUT2D eigenvalue weighted by atomic mass is 127. The Bertz CT molecular complexity index is 625. The fraction of sp³-hybridized carbons (Fsp3) is 0.600. The summed E-state index contributed by atoms with van der Waals surface area (Å²) in [5.41, 5.74) is 1.31. The lowest BCUT2D eigenvalue weighted by molar-refractivity contribution is -0.121. The molecule has 27 heavy (non-hydrogen) atoms. The second-order valence-corrected chi connectivity index (χ2v) is 8.51. The third-order valence-electron chi connectivity index (χ3n) is 5.19. The fourth-order valence-corrected chi connectivity index (χ4v) is 3.61. The van der Waals surface area contributed by atoms with Crippen LogP contribution >= 0.6 is 39.9 Å². The topological polar surface area (TPSA) is 56.7 Å². The molecule has 5 nitrogen and oxygen atoms in total. The Morgan fingerprint density at radius 1 is 1.26 bits per heavy atom. The first-order valence-electron chi connectivity index (χ1n) is 9.28. The molecule has 0 spiro atoms. The van der Waals surface area contributed by atoms with E-state index in [-0.39, 0.29) is 35.3 Å². The molecule has 1 aromatic carbocycles. The SMILES string of the molecule is CN=C(NCC(C)(C)c1ccc(Br)cc1)N1CCC(CC(=O)NC)CC1.I. The van der Waals surface area contributed by atoms with Gasteiger partial charge in [-0.3, -0.25) is 9.79 Å². The van der Waals surface area contributed by atoms with Crippen LogP contribution in [-0.4, -0.2) is 50.5 Å². The zero-order valence-corrected chi connectivity index (χ0v) is 20.6. The molecule has 1 aromatic rings. The molecule has 1 amide bonds. The molecule has 0 radical (unpaired) electrons. The van der Waals surface area contributed by atoms with Crippen molar-refractivity contribution in [3.63, 3.8) is 0 Å². The van der Waals surface area contributed by atoms with Crippen LogP contribution in [0.3, 0.4) is 0 Å². The van der Waals surface area contributed by atoms with Gasteiger partial charge in [0.1, 0.15) is 0 Å². The number of guanidine groups is 1. The summed E-state index contributed by atoms with van der Waals surface area (Å²) >= 11 is 3.50. The lowest BCUT2D eigenvalue weighted by Gasteiger charge is -2.35. The largest absolute Gasteiger partial charge is 0.359 e. The number of aliphatic imine (C=N–C) groups is 1. The van der Waals surface area contributed by atoms with Crippen LogP contribution in [0.1, 0.15) is 38.7 Å². The summed E-state index contributed by atoms with van der Waals surface area (Å²) in [4.78, 5) is 18.3. The summed E-state index contributed by atoms with van der Waals surface area (Å²) in [5.74, 6) is 1.57. The number of carbonyl (C=O) groups is 1. The first-order valence-corrected chi connectivity index (χ1v) is 10.1. The van der Waals surface area contributed by atoms with Crippen LogP contribution in [0.4, 0.5) is 0 Å². The minimum Gasteiger partial charge on any atom is -0.359 e. The van der Waals surface area contributed by atoms with Crippen LogP contribution in [0.25, 0.3) is 0 Å². The molecule has 1 saturated heterocycles. The second-order valence-electron chi connectivity index (χ2n) is 7.60. The Kier molecular flexibility index (Phi) is 10.1. The molecule has 2 rings (SSSR count). The number of hydrogen-bond acceptors (Lipinski definition) is 2. The second kappa shape index (κ2) is 11.2. The van der Waals surface area contributed by atoms with Gasteiger partial charge in [-0.05, 0) is 36.5 Å². The van der Waals surface area contributed by atoms with Gasteiger partial charge >= 0.3 is 0 Å². The first-order chi connectivity index (χ1) is 12.4. The molecule has 7 heteroatoms. The molecule has 1 heterocycles. The Hall–Kier alpha value is -0.830. The number of likely N-dealkylation sites (tertiary alicyclic amines) is 1. The predicted molar refractivity (Wildman–Crippen MR) is 127 cm³/mol. The maximum Gasteiger partial charge on any atom is 0.220 e. The van der Waals surface area contributed by atoms with E-state index in [0.717, 1.165) is 42.9 Å². The quantitative estimate of drug-likeness (QED) is 0.333. The third-order valence-corrected chi connectivity index (χ3v) is 5.72. The van der Waals surface area contributed by atoms with Crippen molar-refractivity contribution in [2.75, 3.05) is 33.7 Å². The van der Waals surface area contributed by atoms with Crippen LogP contribution in [0, 0.1) is 5.92 Å². The van der Waals surface area contributed by atoms with E-state index < -0.39 is 0 Å². The number of benzene rings is 1. The molecule has 1 aliphatic rings. The minimum absolute atomic E-state index is 0. The van der Waals surface area contributed by atoms with Gasteiger partial charge in [-0.1, -0.05) is 41.9 Å². The predicted octanol–water partition coefficient (Wildman–Crippen LogP) is 3.77. The standard InChI is InChI=1S/C20H31BrN4O.HI/c1-20(2,16-5-7-17(21)8-6-16)14-24-19(23-4)25-11-9-15(10-12-25)13-18(26)22-3;/h5-8,15H,9-14H2,1-4H3,(H,22,26)(H,23,24);1H. The number of carbonyl (C=O) groups excluding carboxylic acids is 1. The van der Waals surface area contributed by atoms with Gasteiger partial charge in [0, 0.05) is 50.0 Å². The van der Waals surface area contributed by atoms with E-state index in [1.54, 1.807) is 7.05 Å². The van der Waals surface area contributed by atoms with Crippen molar-refractivity contribution in [2.45, 2.75) is 38.5 Å². The molecule has 1 aliphatic heterocycles. The van der Waals surface area contributed by atoms with Gasteiger partial charge in [0.2, 0.25) is 5.91 Å². The zero-order valence-electron chi connectivity index (χ0n) is 16.7. The average molecular weight is 551 g/mol. The molecule has 0 atom stereocenters. The lowest BCUT2D eigenvalue weighted by atomic mass is 9.84. The van der Waals surface area contributed by atoms with Crippen molar-refractivity contribution in [3.05, 3.63) is 34.3 Å². The molecular weight excluding hydrogens is 519 g/mol. The molecule has 0 aliphatic carbocycles. The van der Waals surface area contributed by atoms with E-state index in [9.17, 15) is 4.79 Å². The average Bonchev–Trinajstić information content (AvgIpc) is 2.63. The number of hydrogen-bond donors (Lipinski definition) is 2. The monoisotopic (exact) mass is 550 g/mol. The number of nitrogens with zero attached hydrogens (tertiary/aromatic N) is 2. The smallest absolute Gasteiger partial charge is 0.220 e. The number of piperidine rings is 1. The highest BCUT2D eigenvalue weighted by Crippen LogP contribution is 2.25. The summed E-state index contributed by atoms with van der Waals surface area (Å²) in [7, 11) is 3.54. The lowest BCUT2D eigenvalue weighted by Crippen LogP contribution is -2.48. The summed E-state index contributed by atoms with van der Waals surface area (Å²) in [5, 5.41) is 6.27. The Morgan fingerprint density at radius 2 is 1.85 bits per heavy atom. The molecule has 152 valence electrons. The van der Waals surface area contributed by atoms with E-state index in [0.29, 0.717) is 12.3 Å². The minimum atomic E-state index is 0. The van der Waals surface area contributed by atoms with Crippen molar-refractivity contribution >= 4 is 51.8 Å². The van der Waals surface area contributed by atoms with E-state index in [2.05, 4.69) is 74.6 Å². The van der Waals surface area contributed by atoms with Crippen LogP contribution in [0.2, 0.25) is 0 Å². The van der Waals surface area contributed by atoms with Crippen molar-refractivity contribution in [3.8, 4) is 0 Å². The van der Waals surface area contributed by atoms with Gasteiger partial charge in [-0.15, -0.1) is 24.0 Å². The summed E-state index contributed by atoms with van der Waals surface area (Å²) in [6.45, 7) is 7.19. The molecule has 0 aromatic heterocycles. The van der Waals surface area contributed by atoms with Crippen molar-refractivity contribution < 1.29 is 4.79 Å². The maximum atomic E-state index is 11.6. The summed E-state index contributed by atoms with van der Waals surface area (Å²) in [6, 6.07) is 8.50. The van der Waals surface area contributed by atoms with Crippen LogP contribution in [-0.2, 0) is 10.2 Å². The highest BCUT2D eigenvalue weighted by molar-refractivity contribution is 14.0. The van der Waals surface area contributed by atoms with Gasteiger partial charge in [-0.2, -0.15) is 0 Å². The van der Waals surface area contributed by atoms with Crippen LogP contribution < -0.4 is 10.6 Å². The van der Waals surface area contributed by atoms with Crippen LogP contribution in [0.5, 0.6) is 0 Å². The van der Waals surface area contributed by atoms with Gasteiger partial charge in [0.05, 0.1) is 0 Å². The van der Waals surface area contributed by atoms with Crippen molar-refractivity contribution in [2.24, 2.45) is 10.9 Å².